The van der Waals surface area contributed by atoms with Crippen molar-refractivity contribution in [3.05, 3.63) is 34.9 Å². The number of hydrogen-bond acceptors (Lipinski definition) is 3. The molecule has 0 aromatic heterocycles. The Balaban J connectivity index is 1.98. The van der Waals surface area contributed by atoms with Gasteiger partial charge in [-0.25, -0.2) is 0 Å². The van der Waals surface area contributed by atoms with Gasteiger partial charge in [0.05, 0.1) is 30.0 Å². The molecule has 0 saturated carbocycles. The summed E-state index contributed by atoms with van der Waals surface area (Å²) in [5, 5.41) is 10.0. The van der Waals surface area contributed by atoms with Crippen LogP contribution in [0.15, 0.2) is 24.3 Å². The minimum absolute atomic E-state index is 0.0147. The molecule has 1 amide bonds. The van der Waals surface area contributed by atoms with E-state index in [0.717, 1.165) is 37.9 Å². The molecule has 1 aromatic carbocycles. The average Bonchev–Trinajstić information content (AvgIpc) is 3.14. The Morgan fingerprint density at radius 1 is 1.37 bits per heavy atom. The first-order valence-corrected chi connectivity index (χ1v) is 10.1. The van der Waals surface area contributed by atoms with Gasteiger partial charge in [0.25, 0.3) is 0 Å². The van der Waals surface area contributed by atoms with Crippen molar-refractivity contribution >= 4 is 23.5 Å². The van der Waals surface area contributed by atoms with Crippen LogP contribution in [0.4, 0.5) is 0 Å². The van der Waals surface area contributed by atoms with Crippen LogP contribution in [0.3, 0.4) is 0 Å². The number of likely N-dealkylation sites (tertiary alicyclic amines) is 1. The van der Waals surface area contributed by atoms with E-state index < -0.39 is 11.4 Å². The first-order chi connectivity index (χ1) is 12.9. The molecule has 5 nitrogen and oxygen atoms in total. The average molecular weight is 394 g/mol. The van der Waals surface area contributed by atoms with E-state index in [-0.39, 0.29) is 30.5 Å². The third kappa shape index (κ3) is 4.14. The predicted molar refractivity (Wildman–Crippen MR) is 104 cm³/mol. The van der Waals surface area contributed by atoms with Gasteiger partial charge < -0.3 is 14.7 Å². The number of nitrogens with zero attached hydrogens (tertiary/aromatic N) is 1. The van der Waals surface area contributed by atoms with E-state index in [1.54, 1.807) is 6.92 Å². The van der Waals surface area contributed by atoms with Crippen molar-refractivity contribution in [2.45, 2.75) is 70.6 Å². The van der Waals surface area contributed by atoms with Gasteiger partial charge in [-0.1, -0.05) is 37.6 Å². The van der Waals surface area contributed by atoms with Crippen molar-refractivity contribution in [3.8, 4) is 0 Å². The molecule has 2 fully saturated rings. The summed E-state index contributed by atoms with van der Waals surface area (Å²) < 4.78 is 5.93. The van der Waals surface area contributed by atoms with Gasteiger partial charge in [0.1, 0.15) is 0 Å². The Hall–Kier alpha value is -1.59. The lowest BCUT2D eigenvalue weighted by Crippen LogP contribution is -2.56. The Morgan fingerprint density at radius 2 is 2.07 bits per heavy atom. The third-order valence-corrected chi connectivity index (χ3v) is 6.27. The molecule has 148 valence electrons. The fraction of sp³-hybridized carbons (Fsp3) is 0.619. The van der Waals surface area contributed by atoms with Crippen molar-refractivity contribution in [1.29, 1.82) is 0 Å². The Morgan fingerprint density at radius 3 is 2.63 bits per heavy atom. The van der Waals surface area contributed by atoms with Crippen LogP contribution >= 0.6 is 11.6 Å². The van der Waals surface area contributed by atoms with E-state index in [1.807, 2.05) is 29.2 Å². The zero-order valence-corrected chi connectivity index (χ0v) is 16.7. The predicted octanol–water partition coefficient (Wildman–Crippen LogP) is 4.44. The van der Waals surface area contributed by atoms with Crippen LogP contribution in [0.1, 0.15) is 64.0 Å². The van der Waals surface area contributed by atoms with Crippen LogP contribution in [0.5, 0.6) is 0 Å². The molecule has 3 unspecified atom stereocenters. The van der Waals surface area contributed by atoms with Crippen molar-refractivity contribution in [1.82, 2.24) is 4.90 Å². The lowest BCUT2D eigenvalue weighted by atomic mass is 9.74. The number of piperidine rings is 1. The molecule has 27 heavy (non-hydrogen) atoms. The van der Waals surface area contributed by atoms with Gasteiger partial charge in [-0.05, 0) is 49.8 Å². The molecule has 2 saturated heterocycles. The Bertz CT molecular complexity index is 686. The highest BCUT2D eigenvalue weighted by Gasteiger charge is 2.49. The Kier molecular flexibility index (Phi) is 6.11. The first kappa shape index (κ1) is 20.2. The van der Waals surface area contributed by atoms with Gasteiger partial charge in [0, 0.05) is 11.6 Å². The van der Waals surface area contributed by atoms with E-state index in [1.165, 1.54) is 0 Å². The second kappa shape index (κ2) is 8.19. The Labute approximate surface area is 165 Å². The summed E-state index contributed by atoms with van der Waals surface area (Å²) in [5.74, 6) is -1.00. The largest absolute Gasteiger partial charge is 0.481 e. The van der Waals surface area contributed by atoms with Crippen molar-refractivity contribution in [2.75, 3.05) is 6.61 Å². The molecule has 2 aliphatic heterocycles. The van der Waals surface area contributed by atoms with Crippen molar-refractivity contribution < 1.29 is 19.4 Å². The van der Waals surface area contributed by atoms with Gasteiger partial charge in [-0.15, -0.1) is 0 Å². The molecule has 6 heteroatoms. The van der Waals surface area contributed by atoms with E-state index in [0.29, 0.717) is 11.4 Å². The molecular formula is C21H28ClNO4. The maximum absolute atomic E-state index is 13.6. The summed E-state index contributed by atoms with van der Waals surface area (Å²) in [4.78, 5) is 26.9. The van der Waals surface area contributed by atoms with Gasteiger partial charge in [-0.3, -0.25) is 9.59 Å². The number of benzene rings is 1. The van der Waals surface area contributed by atoms with Crippen molar-refractivity contribution in [3.63, 3.8) is 0 Å². The molecule has 2 heterocycles. The van der Waals surface area contributed by atoms with Gasteiger partial charge >= 0.3 is 5.97 Å². The number of amides is 1. The zero-order valence-electron chi connectivity index (χ0n) is 16.0. The smallest absolute Gasteiger partial charge is 0.304 e. The lowest BCUT2D eigenvalue weighted by molar-refractivity contribution is -0.162. The molecule has 4 atom stereocenters. The van der Waals surface area contributed by atoms with Gasteiger partial charge in [-0.2, -0.15) is 0 Å². The number of hydrogen-bond donors (Lipinski definition) is 1. The molecule has 1 aromatic rings. The molecule has 0 aliphatic carbocycles. The quantitative estimate of drug-likeness (QED) is 0.775. The number of halogens is 1. The summed E-state index contributed by atoms with van der Waals surface area (Å²) in [6.45, 7) is 4.58. The van der Waals surface area contributed by atoms with E-state index in [4.69, 9.17) is 16.3 Å². The molecule has 0 spiro atoms. The lowest BCUT2D eigenvalue weighted by Gasteiger charge is -2.49. The number of ether oxygens (including phenoxy) is 1. The van der Waals surface area contributed by atoms with E-state index in [2.05, 4.69) is 6.92 Å². The summed E-state index contributed by atoms with van der Waals surface area (Å²) >= 11 is 6.05. The standard InChI is InChI=1S/C21H28ClNO4/c1-3-16(18-5-4-12-27-18)23-17(14-6-8-15(22)9-7-14)10-11-21(2,20(23)26)13-19(24)25/h6-9,16-18H,3-5,10-13H2,1-2H3,(H,24,25)/t16?,17?,18?,21-/m1/s1. The maximum atomic E-state index is 13.6. The number of carboxylic acid groups (broad SMARTS) is 1. The number of carbonyl (C=O) groups excluding carboxylic acids is 1. The number of rotatable bonds is 6. The summed E-state index contributed by atoms with van der Waals surface area (Å²) in [7, 11) is 0. The monoisotopic (exact) mass is 393 g/mol. The third-order valence-electron chi connectivity index (χ3n) is 6.02. The van der Waals surface area contributed by atoms with E-state index >= 15 is 0 Å². The molecule has 2 aliphatic rings. The number of carboxylic acids is 1. The minimum atomic E-state index is -0.930. The summed E-state index contributed by atoms with van der Waals surface area (Å²) in [6.07, 6.45) is 3.89. The molecule has 1 N–H and O–H groups in total. The maximum Gasteiger partial charge on any atom is 0.304 e. The van der Waals surface area contributed by atoms with Crippen LogP contribution < -0.4 is 0 Å². The summed E-state index contributed by atoms with van der Waals surface area (Å²) in [6, 6.07) is 7.50. The molecule has 0 radical (unpaired) electrons. The number of carbonyl (C=O) groups is 2. The summed E-state index contributed by atoms with van der Waals surface area (Å²) in [5.41, 5.74) is 0.169. The van der Waals surface area contributed by atoms with Crippen LogP contribution in [0.2, 0.25) is 5.02 Å². The second-order valence-corrected chi connectivity index (χ2v) is 8.41. The number of aliphatic carboxylic acids is 1. The normalized spacial score (nSPS) is 29.7. The van der Waals surface area contributed by atoms with Crippen LogP contribution in [-0.2, 0) is 14.3 Å². The fourth-order valence-electron chi connectivity index (χ4n) is 4.59. The van der Waals surface area contributed by atoms with Gasteiger partial charge in [0.2, 0.25) is 5.91 Å². The molecule has 0 bridgehead atoms. The van der Waals surface area contributed by atoms with Gasteiger partial charge in [0.15, 0.2) is 0 Å². The second-order valence-electron chi connectivity index (χ2n) is 7.98. The topological polar surface area (TPSA) is 66.8 Å². The first-order valence-electron chi connectivity index (χ1n) is 9.77. The zero-order chi connectivity index (χ0) is 19.6. The van der Waals surface area contributed by atoms with E-state index in [9.17, 15) is 14.7 Å². The highest BCUT2D eigenvalue weighted by Crippen LogP contribution is 2.45. The molecule has 3 rings (SSSR count). The minimum Gasteiger partial charge on any atom is -0.481 e. The van der Waals surface area contributed by atoms with Crippen LogP contribution in [0.25, 0.3) is 0 Å². The molecular weight excluding hydrogens is 366 g/mol. The van der Waals surface area contributed by atoms with Crippen LogP contribution in [0, 0.1) is 5.41 Å². The highest BCUT2D eigenvalue weighted by atomic mass is 35.5. The highest BCUT2D eigenvalue weighted by molar-refractivity contribution is 6.30. The SMILES string of the molecule is CCC(C1CCCO1)N1C(=O)[C@@](C)(CC(=O)O)CCC1c1ccc(Cl)cc1. The van der Waals surface area contributed by atoms with Crippen LogP contribution in [-0.4, -0.2) is 40.6 Å². The fourth-order valence-corrected chi connectivity index (χ4v) is 4.72. The van der Waals surface area contributed by atoms with Crippen molar-refractivity contribution in [2.24, 2.45) is 5.41 Å².